The van der Waals surface area contributed by atoms with Crippen molar-refractivity contribution >= 4 is 35.3 Å². The van der Waals surface area contributed by atoms with E-state index in [0.29, 0.717) is 21.8 Å². The average molecular weight is 426 g/mol. The zero-order valence-corrected chi connectivity index (χ0v) is 18.0. The Morgan fingerprint density at radius 2 is 1.89 bits per heavy atom. The van der Waals surface area contributed by atoms with Crippen LogP contribution in [0.25, 0.3) is 0 Å². The standard InChI is InChI=1S/C18H24ClN5O3S/c1-11(15(25)20-16(26)21-18(2,3)4)28-17-23-22-14(24(17)5)10-27-13-8-6-12(19)7-9-13/h6-9,11H,10H2,1-5H3,(H2,20,21,25,26)/t11-/m0/s1. The Morgan fingerprint density at radius 3 is 2.50 bits per heavy atom. The lowest BCUT2D eigenvalue weighted by Gasteiger charge is -2.21. The second-order valence-electron chi connectivity index (χ2n) is 7.15. The van der Waals surface area contributed by atoms with Crippen LogP contribution in [-0.2, 0) is 18.4 Å². The highest BCUT2D eigenvalue weighted by atomic mass is 35.5. The van der Waals surface area contributed by atoms with E-state index < -0.39 is 22.7 Å². The molecule has 3 amide bonds. The number of amides is 3. The van der Waals surface area contributed by atoms with Crippen LogP contribution in [0.1, 0.15) is 33.5 Å². The molecule has 2 N–H and O–H groups in total. The van der Waals surface area contributed by atoms with Crippen LogP contribution < -0.4 is 15.4 Å². The van der Waals surface area contributed by atoms with E-state index >= 15 is 0 Å². The van der Waals surface area contributed by atoms with E-state index in [2.05, 4.69) is 20.8 Å². The number of imide groups is 1. The molecule has 1 heterocycles. The Morgan fingerprint density at radius 1 is 1.25 bits per heavy atom. The molecule has 0 fully saturated rings. The third-order valence-corrected chi connectivity index (χ3v) is 4.87. The highest BCUT2D eigenvalue weighted by Crippen LogP contribution is 2.22. The lowest BCUT2D eigenvalue weighted by Crippen LogP contribution is -2.49. The van der Waals surface area contributed by atoms with Crippen LogP contribution in [0.5, 0.6) is 5.75 Å². The van der Waals surface area contributed by atoms with Gasteiger partial charge in [0.2, 0.25) is 5.91 Å². The summed E-state index contributed by atoms with van der Waals surface area (Å²) in [7, 11) is 1.79. The van der Waals surface area contributed by atoms with Gasteiger partial charge < -0.3 is 14.6 Å². The Kier molecular flexibility index (Phi) is 7.31. The second kappa shape index (κ2) is 9.29. The van der Waals surface area contributed by atoms with E-state index in [4.69, 9.17) is 16.3 Å². The van der Waals surface area contributed by atoms with Gasteiger partial charge in [-0.25, -0.2) is 4.79 Å². The number of hydrogen-bond acceptors (Lipinski definition) is 6. The first-order valence-electron chi connectivity index (χ1n) is 8.61. The van der Waals surface area contributed by atoms with Crippen LogP contribution in [0.2, 0.25) is 5.02 Å². The number of hydrogen-bond donors (Lipinski definition) is 2. The Hall–Kier alpha value is -2.26. The molecule has 1 aromatic heterocycles. The van der Waals surface area contributed by atoms with Crippen molar-refractivity contribution in [3.05, 3.63) is 35.1 Å². The summed E-state index contributed by atoms with van der Waals surface area (Å²) in [5.74, 6) is 0.864. The zero-order valence-electron chi connectivity index (χ0n) is 16.4. The van der Waals surface area contributed by atoms with E-state index in [1.807, 2.05) is 20.8 Å². The highest BCUT2D eigenvalue weighted by Gasteiger charge is 2.22. The molecule has 2 rings (SSSR count). The fourth-order valence-corrected chi connectivity index (χ4v) is 3.01. The van der Waals surface area contributed by atoms with Crippen molar-refractivity contribution in [2.75, 3.05) is 0 Å². The SMILES string of the molecule is C[C@H](Sc1nnc(COc2ccc(Cl)cc2)n1C)C(=O)NC(=O)NC(C)(C)C. The van der Waals surface area contributed by atoms with Crippen molar-refractivity contribution < 1.29 is 14.3 Å². The summed E-state index contributed by atoms with van der Waals surface area (Å²) in [6.07, 6.45) is 0. The summed E-state index contributed by atoms with van der Waals surface area (Å²) in [6, 6.07) is 6.49. The van der Waals surface area contributed by atoms with Crippen LogP contribution in [-0.4, -0.2) is 37.5 Å². The van der Waals surface area contributed by atoms with Gasteiger partial charge in [0.15, 0.2) is 11.0 Å². The largest absolute Gasteiger partial charge is 0.486 e. The molecule has 0 saturated heterocycles. The highest BCUT2D eigenvalue weighted by molar-refractivity contribution is 8.00. The van der Waals surface area contributed by atoms with Gasteiger partial charge >= 0.3 is 6.03 Å². The predicted molar refractivity (Wildman–Crippen MR) is 109 cm³/mol. The maximum atomic E-state index is 12.2. The van der Waals surface area contributed by atoms with Crippen molar-refractivity contribution in [3.8, 4) is 5.75 Å². The third-order valence-electron chi connectivity index (χ3n) is 3.48. The number of carbonyl (C=O) groups is 2. The summed E-state index contributed by atoms with van der Waals surface area (Å²) in [4.78, 5) is 24.0. The molecule has 8 nitrogen and oxygen atoms in total. The predicted octanol–water partition coefficient (Wildman–Crippen LogP) is 3.15. The molecule has 2 aromatic rings. The van der Waals surface area contributed by atoms with Gasteiger partial charge in [-0.05, 0) is 52.0 Å². The molecule has 152 valence electrons. The number of nitrogens with one attached hydrogen (secondary N) is 2. The molecular weight excluding hydrogens is 402 g/mol. The van der Waals surface area contributed by atoms with Gasteiger partial charge in [0, 0.05) is 17.6 Å². The molecule has 1 atom stereocenters. The average Bonchev–Trinajstić information content (AvgIpc) is 2.92. The monoisotopic (exact) mass is 425 g/mol. The summed E-state index contributed by atoms with van der Waals surface area (Å²) >= 11 is 7.06. The maximum absolute atomic E-state index is 12.2. The van der Waals surface area contributed by atoms with E-state index in [-0.39, 0.29) is 6.61 Å². The van der Waals surface area contributed by atoms with Gasteiger partial charge in [-0.15, -0.1) is 10.2 Å². The molecule has 28 heavy (non-hydrogen) atoms. The second-order valence-corrected chi connectivity index (χ2v) is 8.90. The molecule has 0 saturated carbocycles. The van der Waals surface area contributed by atoms with Crippen LogP contribution in [0, 0.1) is 0 Å². The summed E-state index contributed by atoms with van der Waals surface area (Å²) < 4.78 is 7.42. The number of ether oxygens (including phenoxy) is 1. The normalized spacial score (nSPS) is 12.4. The van der Waals surface area contributed by atoms with E-state index in [1.54, 1.807) is 42.8 Å². The molecule has 0 aliphatic heterocycles. The molecule has 1 aromatic carbocycles. The third kappa shape index (κ3) is 6.72. The van der Waals surface area contributed by atoms with Crippen LogP contribution >= 0.6 is 23.4 Å². The van der Waals surface area contributed by atoms with Crippen molar-refractivity contribution in [1.82, 2.24) is 25.4 Å². The molecule has 10 heteroatoms. The topological polar surface area (TPSA) is 98.1 Å². The number of urea groups is 1. The number of thioether (sulfide) groups is 1. The minimum Gasteiger partial charge on any atom is -0.486 e. The van der Waals surface area contributed by atoms with Crippen molar-refractivity contribution in [2.45, 2.75) is 50.2 Å². The quantitative estimate of drug-likeness (QED) is 0.690. The van der Waals surface area contributed by atoms with Crippen LogP contribution in [0.15, 0.2) is 29.4 Å². The molecule has 0 aliphatic carbocycles. The zero-order chi connectivity index (χ0) is 20.9. The Balaban J connectivity index is 1.91. The lowest BCUT2D eigenvalue weighted by atomic mass is 10.1. The van der Waals surface area contributed by atoms with Gasteiger partial charge in [-0.3, -0.25) is 10.1 Å². The summed E-state index contributed by atoms with van der Waals surface area (Å²) in [6.45, 7) is 7.43. The number of nitrogens with zero attached hydrogens (tertiary/aromatic N) is 3. The molecule has 0 bridgehead atoms. The van der Waals surface area contributed by atoms with Crippen molar-refractivity contribution in [3.63, 3.8) is 0 Å². The molecule has 0 aliphatic rings. The minimum atomic E-state index is -0.529. The Bertz CT molecular complexity index is 833. The van der Waals surface area contributed by atoms with Gasteiger partial charge in [-0.1, -0.05) is 23.4 Å². The van der Waals surface area contributed by atoms with Gasteiger partial charge in [-0.2, -0.15) is 0 Å². The van der Waals surface area contributed by atoms with E-state index in [9.17, 15) is 9.59 Å². The van der Waals surface area contributed by atoms with E-state index in [0.717, 1.165) is 0 Å². The first-order valence-corrected chi connectivity index (χ1v) is 9.87. The van der Waals surface area contributed by atoms with Crippen molar-refractivity contribution in [2.24, 2.45) is 7.05 Å². The van der Waals surface area contributed by atoms with Gasteiger partial charge in [0.05, 0.1) is 5.25 Å². The summed E-state index contributed by atoms with van der Waals surface area (Å²) in [5.41, 5.74) is -0.427. The molecular formula is C18H24ClN5O3S. The molecule has 0 radical (unpaired) electrons. The fraction of sp³-hybridized carbons (Fsp3) is 0.444. The number of halogens is 1. The first-order chi connectivity index (χ1) is 13.0. The molecule has 0 unspecified atom stereocenters. The summed E-state index contributed by atoms with van der Waals surface area (Å²) in [5, 5.41) is 13.9. The smallest absolute Gasteiger partial charge is 0.321 e. The van der Waals surface area contributed by atoms with Crippen LogP contribution in [0.4, 0.5) is 4.79 Å². The number of benzene rings is 1. The van der Waals surface area contributed by atoms with Gasteiger partial charge in [0.25, 0.3) is 0 Å². The van der Waals surface area contributed by atoms with Crippen LogP contribution in [0.3, 0.4) is 0 Å². The number of aromatic nitrogens is 3. The number of carbonyl (C=O) groups excluding carboxylic acids is 2. The van der Waals surface area contributed by atoms with Gasteiger partial charge in [0.1, 0.15) is 12.4 Å². The minimum absolute atomic E-state index is 0.222. The number of rotatable bonds is 6. The van der Waals surface area contributed by atoms with E-state index in [1.165, 1.54) is 11.8 Å². The lowest BCUT2D eigenvalue weighted by molar-refractivity contribution is -0.119. The molecule has 0 spiro atoms. The maximum Gasteiger partial charge on any atom is 0.321 e. The Labute approximate surface area is 173 Å². The fourth-order valence-electron chi connectivity index (χ4n) is 2.05. The van der Waals surface area contributed by atoms with Crippen molar-refractivity contribution in [1.29, 1.82) is 0 Å². The first kappa shape index (κ1) is 22.0.